The summed E-state index contributed by atoms with van der Waals surface area (Å²) in [6.07, 6.45) is 0.843. The molecule has 2 aromatic carbocycles. The fourth-order valence-corrected chi connectivity index (χ4v) is 4.31. The quantitative estimate of drug-likeness (QED) is 0.540. The number of carbonyl (C=O) groups excluding carboxylic acids is 1. The number of carbonyl (C=O) groups is 1. The van der Waals surface area contributed by atoms with Crippen molar-refractivity contribution in [1.29, 1.82) is 0 Å². The summed E-state index contributed by atoms with van der Waals surface area (Å²) < 4.78 is 14.8. The predicted molar refractivity (Wildman–Crippen MR) is 108 cm³/mol. The number of nitrogens with zero attached hydrogens (tertiary/aromatic N) is 4. The highest BCUT2D eigenvalue weighted by Gasteiger charge is 2.34. The highest BCUT2D eigenvalue weighted by atomic mass is 32.2. The molecule has 8 heteroatoms. The van der Waals surface area contributed by atoms with Crippen LogP contribution in [0, 0.1) is 5.82 Å². The summed E-state index contributed by atoms with van der Waals surface area (Å²) >= 11 is 1.24. The predicted octanol–water partition coefficient (Wildman–Crippen LogP) is 3.26. The number of halogens is 1. The van der Waals surface area contributed by atoms with Gasteiger partial charge in [-0.2, -0.15) is 0 Å². The lowest BCUT2D eigenvalue weighted by atomic mass is 10.1. The molecule has 1 aliphatic heterocycles. The van der Waals surface area contributed by atoms with Crippen LogP contribution >= 0.6 is 11.8 Å². The Morgan fingerprint density at radius 3 is 2.82 bits per heavy atom. The maximum atomic E-state index is 13.5. The molecule has 0 unspecified atom stereocenters. The number of anilines is 1. The van der Waals surface area contributed by atoms with Crippen molar-refractivity contribution in [3.63, 3.8) is 0 Å². The van der Waals surface area contributed by atoms with E-state index in [1.807, 2.05) is 36.9 Å². The zero-order valence-corrected chi connectivity index (χ0v) is 16.4. The minimum atomic E-state index is -0.402. The molecule has 0 radical (unpaired) electrons. The molecule has 144 valence electrons. The summed E-state index contributed by atoms with van der Waals surface area (Å²) in [6.45, 7) is 3.87. The van der Waals surface area contributed by atoms with Gasteiger partial charge in [-0.05, 0) is 44.0 Å². The molecule has 1 aliphatic rings. The Bertz CT molecular complexity index is 1040. The lowest BCUT2D eigenvalue weighted by molar-refractivity contribution is -0.118. The van der Waals surface area contributed by atoms with Crippen molar-refractivity contribution in [2.75, 3.05) is 10.7 Å². The van der Waals surface area contributed by atoms with Crippen molar-refractivity contribution in [3.05, 3.63) is 59.9 Å². The Kier molecular flexibility index (Phi) is 4.80. The van der Waals surface area contributed by atoms with Crippen molar-refractivity contribution < 1.29 is 9.18 Å². The Balaban J connectivity index is 1.55. The number of amides is 1. The number of rotatable bonds is 4. The molecular weight excluding hydrogens is 377 g/mol. The summed E-state index contributed by atoms with van der Waals surface area (Å²) in [4.78, 5) is 15.0. The fraction of sp³-hybridized carbons (Fsp3) is 0.250. The van der Waals surface area contributed by atoms with Crippen LogP contribution in [0.2, 0.25) is 0 Å². The van der Waals surface area contributed by atoms with Gasteiger partial charge in [-0.15, -0.1) is 10.2 Å². The Morgan fingerprint density at radius 1 is 1.25 bits per heavy atom. The first kappa shape index (κ1) is 18.5. The van der Waals surface area contributed by atoms with Crippen LogP contribution in [0.4, 0.5) is 10.1 Å². The number of thioether (sulfide) groups is 1. The second-order valence-electron chi connectivity index (χ2n) is 6.84. The summed E-state index contributed by atoms with van der Waals surface area (Å²) in [6, 6.07) is 14.1. The van der Waals surface area contributed by atoms with Gasteiger partial charge >= 0.3 is 0 Å². The number of benzene rings is 2. The van der Waals surface area contributed by atoms with E-state index in [1.54, 1.807) is 12.1 Å². The molecule has 0 bridgehead atoms. The third-order valence-corrected chi connectivity index (χ3v) is 5.87. The van der Waals surface area contributed by atoms with Crippen molar-refractivity contribution in [3.8, 4) is 11.4 Å². The van der Waals surface area contributed by atoms with Crippen molar-refractivity contribution >= 4 is 23.4 Å². The van der Waals surface area contributed by atoms with Crippen LogP contribution in [-0.4, -0.2) is 32.1 Å². The van der Waals surface area contributed by atoms with E-state index in [0.29, 0.717) is 16.5 Å². The Hall–Kier alpha value is -2.87. The molecule has 2 atom stereocenters. The Morgan fingerprint density at radius 2 is 2.04 bits per heavy atom. The molecule has 0 saturated heterocycles. The van der Waals surface area contributed by atoms with E-state index in [9.17, 15) is 9.18 Å². The number of fused-ring (bicyclic) bond motifs is 1. The van der Waals surface area contributed by atoms with Gasteiger partial charge in [0.1, 0.15) is 5.82 Å². The maximum Gasteiger partial charge on any atom is 0.240 e. The Labute approximate surface area is 166 Å². The van der Waals surface area contributed by atoms with E-state index >= 15 is 0 Å². The van der Waals surface area contributed by atoms with Gasteiger partial charge < -0.3 is 10.7 Å². The average molecular weight is 397 g/mol. The zero-order valence-electron chi connectivity index (χ0n) is 15.5. The number of hydrogen-bond donors (Lipinski definition) is 1. The first-order valence-electron chi connectivity index (χ1n) is 8.99. The molecular formula is C20H20FN5OS. The van der Waals surface area contributed by atoms with E-state index in [1.165, 1.54) is 34.1 Å². The third kappa shape index (κ3) is 3.24. The molecule has 6 nitrogen and oxygen atoms in total. The highest BCUT2D eigenvalue weighted by Crippen LogP contribution is 2.34. The molecule has 2 heterocycles. The number of para-hydroxylation sites is 1. The van der Waals surface area contributed by atoms with Gasteiger partial charge in [-0.3, -0.25) is 4.79 Å². The molecule has 0 saturated carbocycles. The molecule has 0 spiro atoms. The lowest BCUT2D eigenvalue weighted by Crippen LogP contribution is -2.40. The summed E-state index contributed by atoms with van der Waals surface area (Å²) in [5, 5.41) is 8.16. The summed E-state index contributed by atoms with van der Waals surface area (Å²) in [7, 11) is 0. The van der Waals surface area contributed by atoms with Gasteiger partial charge in [-0.25, -0.2) is 9.07 Å². The molecule has 4 rings (SSSR count). The number of aromatic nitrogens is 3. The molecule has 1 amide bonds. The number of nitrogens with two attached hydrogens (primary N) is 1. The average Bonchev–Trinajstić information content (AvgIpc) is 3.20. The van der Waals surface area contributed by atoms with Gasteiger partial charge in [-0.1, -0.05) is 42.1 Å². The van der Waals surface area contributed by atoms with Crippen LogP contribution in [0.3, 0.4) is 0 Å². The first-order chi connectivity index (χ1) is 13.5. The normalized spacial score (nSPS) is 16.8. The summed E-state index contributed by atoms with van der Waals surface area (Å²) in [5.41, 5.74) is 2.67. The van der Waals surface area contributed by atoms with Crippen molar-refractivity contribution in [2.24, 2.45) is 0 Å². The molecule has 0 fully saturated rings. The molecule has 28 heavy (non-hydrogen) atoms. The maximum absolute atomic E-state index is 13.5. The van der Waals surface area contributed by atoms with Crippen molar-refractivity contribution in [1.82, 2.24) is 14.9 Å². The largest absolute Gasteiger partial charge is 0.335 e. The SMILES string of the molecule is C[C@@H]1Cc2ccccc2N1C(=O)[C@@H](C)Sc1nnc(-c2cccc(F)c2)n1N. The van der Waals surface area contributed by atoms with E-state index in [2.05, 4.69) is 16.3 Å². The number of nitrogen functional groups attached to an aromatic ring is 1. The van der Waals surface area contributed by atoms with Crippen molar-refractivity contribution in [2.45, 2.75) is 36.7 Å². The fourth-order valence-electron chi connectivity index (χ4n) is 3.49. The van der Waals surface area contributed by atoms with Gasteiger partial charge in [0.25, 0.3) is 0 Å². The minimum absolute atomic E-state index is 0.00208. The van der Waals surface area contributed by atoms with Gasteiger partial charge in [0.2, 0.25) is 11.1 Å². The first-order valence-corrected chi connectivity index (χ1v) is 9.87. The standard InChI is InChI=1S/C20H20FN5OS/c1-12-10-14-6-3-4-9-17(14)25(12)19(27)13(2)28-20-24-23-18(26(20)22)15-7-5-8-16(21)11-15/h3-9,11-13H,10,22H2,1-2H3/t12-,13-/m1/s1. The molecule has 3 aromatic rings. The van der Waals surface area contributed by atoms with Gasteiger partial charge in [0.15, 0.2) is 5.82 Å². The third-order valence-electron chi connectivity index (χ3n) is 4.82. The van der Waals surface area contributed by atoms with Crippen LogP contribution in [0.15, 0.2) is 53.7 Å². The minimum Gasteiger partial charge on any atom is -0.335 e. The van der Waals surface area contributed by atoms with E-state index < -0.39 is 5.25 Å². The van der Waals surface area contributed by atoms with Crippen LogP contribution in [0.5, 0.6) is 0 Å². The monoisotopic (exact) mass is 397 g/mol. The van der Waals surface area contributed by atoms with E-state index in [4.69, 9.17) is 5.84 Å². The molecule has 0 aliphatic carbocycles. The van der Waals surface area contributed by atoms with E-state index in [0.717, 1.165) is 12.1 Å². The van der Waals surface area contributed by atoms with E-state index in [-0.39, 0.29) is 17.8 Å². The van der Waals surface area contributed by atoms with Crippen LogP contribution in [0.1, 0.15) is 19.4 Å². The highest BCUT2D eigenvalue weighted by molar-refractivity contribution is 8.00. The van der Waals surface area contributed by atoms with Crippen LogP contribution in [0.25, 0.3) is 11.4 Å². The smallest absolute Gasteiger partial charge is 0.240 e. The van der Waals surface area contributed by atoms with Gasteiger partial charge in [0.05, 0.1) is 5.25 Å². The van der Waals surface area contributed by atoms with Gasteiger partial charge in [0, 0.05) is 17.3 Å². The summed E-state index contributed by atoms with van der Waals surface area (Å²) in [5.74, 6) is 6.09. The topological polar surface area (TPSA) is 77.0 Å². The molecule has 1 aromatic heterocycles. The van der Waals surface area contributed by atoms with Crippen LogP contribution < -0.4 is 10.7 Å². The zero-order chi connectivity index (χ0) is 19.8. The second-order valence-corrected chi connectivity index (χ2v) is 8.14. The number of hydrogen-bond acceptors (Lipinski definition) is 5. The molecule has 2 N–H and O–H groups in total. The second kappa shape index (κ2) is 7.27. The lowest BCUT2D eigenvalue weighted by Gasteiger charge is -2.25. The van der Waals surface area contributed by atoms with Crippen LogP contribution in [-0.2, 0) is 11.2 Å².